The summed E-state index contributed by atoms with van der Waals surface area (Å²) in [5, 5.41) is 3.89. The molecule has 5 heteroatoms. The minimum Gasteiger partial charge on any atom is -0.461 e. The van der Waals surface area contributed by atoms with Gasteiger partial charge in [0.25, 0.3) is 0 Å². The summed E-state index contributed by atoms with van der Waals surface area (Å²) < 4.78 is 10.4. The lowest BCUT2D eigenvalue weighted by molar-refractivity contribution is 0.359. The molecule has 0 aromatic carbocycles. The monoisotopic (exact) mass is 221 g/mol. The summed E-state index contributed by atoms with van der Waals surface area (Å²) in [5.41, 5.74) is 6.54. The summed E-state index contributed by atoms with van der Waals surface area (Å²) in [4.78, 5) is 4.27. The number of rotatable bonds is 4. The number of aryl methyl sites for hydroxylation is 1. The van der Waals surface area contributed by atoms with Crippen LogP contribution in [0.2, 0.25) is 0 Å². The van der Waals surface area contributed by atoms with Crippen LogP contribution < -0.4 is 5.73 Å². The molecule has 0 spiro atoms. The molecular formula is C11H15N3O2. The van der Waals surface area contributed by atoms with Crippen LogP contribution >= 0.6 is 0 Å². The van der Waals surface area contributed by atoms with Gasteiger partial charge in [-0.2, -0.15) is 4.98 Å². The molecule has 16 heavy (non-hydrogen) atoms. The number of furan rings is 1. The summed E-state index contributed by atoms with van der Waals surface area (Å²) in [6.45, 7) is 4.59. The first-order valence-corrected chi connectivity index (χ1v) is 5.28. The van der Waals surface area contributed by atoms with E-state index < -0.39 is 0 Å². The normalized spacial score (nSPS) is 12.9. The van der Waals surface area contributed by atoms with E-state index >= 15 is 0 Å². The van der Waals surface area contributed by atoms with E-state index in [-0.39, 0.29) is 0 Å². The zero-order valence-corrected chi connectivity index (χ0v) is 9.43. The van der Waals surface area contributed by atoms with Crippen LogP contribution in [0.25, 0.3) is 11.6 Å². The Balaban J connectivity index is 2.17. The first kappa shape index (κ1) is 10.9. The van der Waals surface area contributed by atoms with Crippen LogP contribution in [0, 0.1) is 12.8 Å². The first-order chi connectivity index (χ1) is 7.70. The Bertz CT molecular complexity index is 461. The molecule has 2 aromatic heterocycles. The Morgan fingerprint density at radius 3 is 2.94 bits per heavy atom. The zero-order valence-electron chi connectivity index (χ0n) is 9.43. The average molecular weight is 221 g/mol. The van der Waals surface area contributed by atoms with Gasteiger partial charge in [0.2, 0.25) is 11.7 Å². The maximum absolute atomic E-state index is 5.54. The van der Waals surface area contributed by atoms with E-state index in [0.29, 0.717) is 36.4 Å². The van der Waals surface area contributed by atoms with Gasteiger partial charge >= 0.3 is 0 Å². The lowest BCUT2D eigenvalue weighted by Crippen LogP contribution is -2.13. The van der Waals surface area contributed by atoms with Gasteiger partial charge in [0.15, 0.2) is 5.76 Å². The van der Waals surface area contributed by atoms with E-state index in [1.54, 1.807) is 6.26 Å². The molecule has 0 saturated heterocycles. The van der Waals surface area contributed by atoms with Crippen molar-refractivity contribution >= 4 is 0 Å². The van der Waals surface area contributed by atoms with Gasteiger partial charge in [-0.1, -0.05) is 12.1 Å². The lowest BCUT2D eigenvalue weighted by atomic mass is 10.1. The highest BCUT2D eigenvalue weighted by Gasteiger charge is 2.14. The Morgan fingerprint density at radius 1 is 1.50 bits per heavy atom. The molecule has 1 atom stereocenters. The molecule has 0 aliphatic carbocycles. The fourth-order valence-corrected chi connectivity index (χ4v) is 1.41. The van der Waals surface area contributed by atoms with Crippen LogP contribution in [-0.2, 0) is 6.42 Å². The van der Waals surface area contributed by atoms with E-state index in [2.05, 4.69) is 10.1 Å². The van der Waals surface area contributed by atoms with E-state index in [4.69, 9.17) is 14.7 Å². The molecule has 2 rings (SSSR count). The van der Waals surface area contributed by atoms with Crippen LogP contribution in [0.1, 0.15) is 18.4 Å². The van der Waals surface area contributed by atoms with Crippen molar-refractivity contribution in [3.63, 3.8) is 0 Å². The van der Waals surface area contributed by atoms with Crippen molar-refractivity contribution in [1.29, 1.82) is 0 Å². The number of hydrogen-bond acceptors (Lipinski definition) is 5. The van der Waals surface area contributed by atoms with Gasteiger partial charge in [0, 0.05) is 6.42 Å². The molecule has 0 radical (unpaired) electrons. The minimum absolute atomic E-state index is 0.339. The predicted octanol–water partition coefficient (Wildman–Crippen LogP) is 1.78. The predicted molar refractivity (Wildman–Crippen MR) is 58.7 cm³/mol. The fourth-order valence-electron chi connectivity index (χ4n) is 1.41. The molecule has 86 valence electrons. The molecule has 0 saturated carbocycles. The fraction of sp³-hybridized carbons (Fsp3) is 0.455. The van der Waals surface area contributed by atoms with E-state index in [1.165, 1.54) is 0 Å². The van der Waals surface area contributed by atoms with Gasteiger partial charge in [-0.05, 0) is 31.0 Å². The molecule has 2 heterocycles. The van der Waals surface area contributed by atoms with Gasteiger partial charge < -0.3 is 14.7 Å². The number of hydrogen-bond donors (Lipinski definition) is 1. The summed E-state index contributed by atoms with van der Waals surface area (Å²) in [6, 6.07) is 1.87. The van der Waals surface area contributed by atoms with E-state index in [9.17, 15) is 0 Å². The second kappa shape index (κ2) is 4.49. The lowest BCUT2D eigenvalue weighted by Gasteiger charge is -2.01. The van der Waals surface area contributed by atoms with E-state index in [0.717, 1.165) is 5.56 Å². The number of nitrogens with two attached hydrogens (primary N) is 1. The largest absolute Gasteiger partial charge is 0.461 e. The van der Waals surface area contributed by atoms with Gasteiger partial charge in [-0.3, -0.25) is 0 Å². The Kier molecular flexibility index (Phi) is 3.05. The highest BCUT2D eigenvalue weighted by Crippen LogP contribution is 2.21. The van der Waals surface area contributed by atoms with Crippen LogP contribution in [0.15, 0.2) is 21.3 Å². The van der Waals surface area contributed by atoms with Crippen molar-refractivity contribution in [2.45, 2.75) is 20.3 Å². The Labute approximate surface area is 93.6 Å². The molecule has 0 fully saturated rings. The van der Waals surface area contributed by atoms with Gasteiger partial charge in [0.1, 0.15) is 0 Å². The average Bonchev–Trinajstić information content (AvgIpc) is 2.86. The maximum atomic E-state index is 5.54. The highest BCUT2D eigenvalue weighted by atomic mass is 16.5. The molecule has 2 N–H and O–H groups in total. The topological polar surface area (TPSA) is 78.1 Å². The Morgan fingerprint density at radius 2 is 2.31 bits per heavy atom. The third kappa shape index (κ3) is 2.14. The third-order valence-corrected chi connectivity index (χ3v) is 2.46. The van der Waals surface area contributed by atoms with Crippen molar-refractivity contribution < 1.29 is 8.94 Å². The summed E-state index contributed by atoms with van der Waals surface area (Å²) in [5.74, 6) is 2.10. The van der Waals surface area contributed by atoms with E-state index in [1.807, 2.05) is 19.9 Å². The zero-order chi connectivity index (χ0) is 11.5. The number of aromatic nitrogens is 2. The molecule has 2 aromatic rings. The van der Waals surface area contributed by atoms with Crippen molar-refractivity contribution in [3.05, 3.63) is 23.8 Å². The standard InChI is InChI=1S/C11H15N3O2/c1-7(6-12)5-9-13-11(14-16-9)10-8(2)3-4-15-10/h3-4,7H,5-6,12H2,1-2H3. The Hall–Kier alpha value is -1.62. The van der Waals surface area contributed by atoms with Crippen LogP contribution in [0.3, 0.4) is 0 Å². The minimum atomic E-state index is 0.339. The molecular weight excluding hydrogens is 206 g/mol. The molecule has 1 unspecified atom stereocenters. The molecule has 0 amide bonds. The SMILES string of the molecule is Cc1ccoc1-c1noc(CC(C)CN)n1. The molecule has 0 aliphatic rings. The van der Waals surface area contributed by atoms with Gasteiger partial charge in [-0.15, -0.1) is 0 Å². The molecule has 0 bridgehead atoms. The van der Waals surface area contributed by atoms with Crippen molar-refractivity contribution in [2.75, 3.05) is 6.54 Å². The quantitative estimate of drug-likeness (QED) is 0.851. The number of nitrogens with zero attached hydrogens (tertiary/aromatic N) is 2. The highest BCUT2D eigenvalue weighted by molar-refractivity contribution is 5.50. The third-order valence-electron chi connectivity index (χ3n) is 2.46. The van der Waals surface area contributed by atoms with Crippen molar-refractivity contribution in [2.24, 2.45) is 11.7 Å². The summed E-state index contributed by atoms with van der Waals surface area (Å²) >= 11 is 0. The summed E-state index contributed by atoms with van der Waals surface area (Å²) in [7, 11) is 0. The molecule has 5 nitrogen and oxygen atoms in total. The summed E-state index contributed by atoms with van der Waals surface area (Å²) in [6.07, 6.45) is 2.31. The van der Waals surface area contributed by atoms with Crippen LogP contribution in [0.5, 0.6) is 0 Å². The smallest absolute Gasteiger partial charge is 0.238 e. The first-order valence-electron chi connectivity index (χ1n) is 5.28. The van der Waals surface area contributed by atoms with Crippen LogP contribution in [-0.4, -0.2) is 16.7 Å². The van der Waals surface area contributed by atoms with Gasteiger partial charge in [-0.25, -0.2) is 0 Å². The van der Waals surface area contributed by atoms with Gasteiger partial charge in [0.05, 0.1) is 6.26 Å². The second-order valence-corrected chi connectivity index (χ2v) is 3.99. The van der Waals surface area contributed by atoms with Crippen LogP contribution in [0.4, 0.5) is 0 Å². The van der Waals surface area contributed by atoms with Crippen molar-refractivity contribution in [3.8, 4) is 11.6 Å². The van der Waals surface area contributed by atoms with Crippen molar-refractivity contribution in [1.82, 2.24) is 10.1 Å². The second-order valence-electron chi connectivity index (χ2n) is 3.99. The maximum Gasteiger partial charge on any atom is 0.238 e. The molecule has 0 aliphatic heterocycles.